The molecule has 0 saturated heterocycles. The van der Waals surface area contributed by atoms with Crippen molar-refractivity contribution in [2.75, 3.05) is 19.5 Å². The number of nitrogens with one attached hydrogen (secondary N) is 2. The molecule has 2 aromatic heterocycles. The number of fused-ring (bicyclic) bond motifs is 1. The first-order valence-corrected chi connectivity index (χ1v) is 11.4. The zero-order valence-corrected chi connectivity index (χ0v) is 19.7. The molecule has 4 rings (SSSR count). The molecule has 4 aromatic rings. The van der Waals surface area contributed by atoms with Gasteiger partial charge in [0.1, 0.15) is 28.0 Å². The van der Waals surface area contributed by atoms with Gasteiger partial charge >= 0.3 is 0 Å². The Kier molecular flexibility index (Phi) is 6.87. The van der Waals surface area contributed by atoms with E-state index in [1.165, 1.54) is 10.4 Å². The van der Waals surface area contributed by atoms with Crippen molar-refractivity contribution in [1.29, 1.82) is 0 Å². The number of rotatable bonds is 9. The van der Waals surface area contributed by atoms with Gasteiger partial charge in [0, 0.05) is 18.0 Å². The topological polar surface area (TPSA) is 68.3 Å². The fourth-order valence-electron chi connectivity index (χ4n) is 3.57. The van der Waals surface area contributed by atoms with Crippen LogP contribution in [-0.4, -0.2) is 24.2 Å². The molecule has 0 aliphatic rings. The summed E-state index contributed by atoms with van der Waals surface area (Å²) >= 11 is 1.71. The van der Waals surface area contributed by atoms with E-state index in [9.17, 15) is 0 Å². The monoisotopic (exact) mass is 448 g/mol. The molecule has 0 spiro atoms. The van der Waals surface area contributed by atoms with Crippen LogP contribution in [0.4, 0.5) is 5.82 Å². The molecule has 0 amide bonds. The van der Waals surface area contributed by atoms with Crippen LogP contribution >= 0.6 is 11.3 Å². The zero-order valence-electron chi connectivity index (χ0n) is 18.9. The SMILES string of the molecule is COc1cccc(CNCc2nc(NCc3cccc(OC)c3)c3c(C)c(C)sc3n2)c1. The minimum absolute atomic E-state index is 0.580. The predicted molar refractivity (Wildman–Crippen MR) is 131 cm³/mol. The first kappa shape index (κ1) is 22.0. The van der Waals surface area contributed by atoms with Crippen LogP contribution in [0.2, 0.25) is 0 Å². The second kappa shape index (κ2) is 9.97. The lowest BCUT2D eigenvalue weighted by molar-refractivity contribution is 0.414. The van der Waals surface area contributed by atoms with Crippen molar-refractivity contribution in [2.24, 2.45) is 0 Å². The molecule has 2 N–H and O–H groups in total. The summed E-state index contributed by atoms with van der Waals surface area (Å²) in [7, 11) is 3.36. The van der Waals surface area contributed by atoms with Gasteiger partial charge in [0.05, 0.1) is 26.2 Å². The average molecular weight is 449 g/mol. The van der Waals surface area contributed by atoms with Gasteiger partial charge in [-0.2, -0.15) is 0 Å². The minimum Gasteiger partial charge on any atom is -0.497 e. The second-order valence-electron chi connectivity index (χ2n) is 7.61. The van der Waals surface area contributed by atoms with Crippen molar-refractivity contribution in [1.82, 2.24) is 15.3 Å². The summed E-state index contributed by atoms with van der Waals surface area (Å²) in [4.78, 5) is 12.0. The number of ether oxygens (including phenoxy) is 2. The minimum atomic E-state index is 0.580. The first-order valence-electron chi connectivity index (χ1n) is 10.5. The Hall–Kier alpha value is -3.16. The highest BCUT2D eigenvalue weighted by atomic mass is 32.1. The van der Waals surface area contributed by atoms with Crippen LogP contribution in [0.25, 0.3) is 10.2 Å². The standard InChI is InChI=1S/C25H28N4O2S/c1-16-17(2)32-25-23(16)24(27-14-19-8-6-10-21(12-19)31-4)28-22(29-25)15-26-13-18-7-5-9-20(11-18)30-3/h5-12,26H,13-15H2,1-4H3,(H,27,28,29). The summed E-state index contributed by atoms with van der Waals surface area (Å²) in [5, 5.41) is 8.08. The van der Waals surface area contributed by atoms with Gasteiger partial charge in [-0.3, -0.25) is 0 Å². The largest absolute Gasteiger partial charge is 0.497 e. The molecule has 0 saturated carbocycles. The molecule has 7 heteroatoms. The lowest BCUT2D eigenvalue weighted by Gasteiger charge is -2.11. The third-order valence-electron chi connectivity index (χ3n) is 5.42. The highest BCUT2D eigenvalue weighted by Gasteiger charge is 2.14. The van der Waals surface area contributed by atoms with Crippen molar-refractivity contribution in [2.45, 2.75) is 33.5 Å². The Bertz CT molecular complexity index is 1220. The van der Waals surface area contributed by atoms with E-state index < -0.39 is 0 Å². The molecule has 2 heterocycles. The number of hydrogen-bond acceptors (Lipinski definition) is 7. The highest BCUT2D eigenvalue weighted by molar-refractivity contribution is 7.18. The van der Waals surface area contributed by atoms with Crippen molar-refractivity contribution in [3.05, 3.63) is 75.9 Å². The molecule has 0 radical (unpaired) electrons. The van der Waals surface area contributed by atoms with E-state index in [1.807, 2.05) is 36.4 Å². The molecule has 32 heavy (non-hydrogen) atoms. The Balaban J connectivity index is 1.53. The Morgan fingerprint density at radius 1 is 0.844 bits per heavy atom. The van der Waals surface area contributed by atoms with E-state index >= 15 is 0 Å². The maximum Gasteiger partial charge on any atom is 0.146 e. The van der Waals surface area contributed by atoms with Gasteiger partial charge in [-0.1, -0.05) is 24.3 Å². The lowest BCUT2D eigenvalue weighted by atomic mass is 10.2. The number of thiophene rings is 1. The van der Waals surface area contributed by atoms with Crippen LogP contribution in [0.15, 0.2) is 48.5 Å². The number of methoxy groups -OCH3 is 2. The van der Waals surface area contributed by atoms with Gasteiger partial charge in [-0.25, -0.2) is 9.97 Å². The van der Waals surface area contributed by atoms with Gasteiger partial charge < -0.3 is 20.1 Å². The fourth-order valence-corrected chi connectivity index (χ4v) is 4.62. The Morgan fingerprint density at radius 3 is 2.16 bits per heavy atom. The van der Waals surface area contributed by atoms with E-state index in [2.05, 4.69) is 36.6 Å². The molecular weight excluding hydrogens is 420 g/mol. The average Bonchev–Trinajstić information content (AvgIpc) is 3.11. The van der Waals surface area contributed by atoms with Crippen molar-refractivity contribution in [3.8, 4) is 11.5 Å². The number of hydrogen-bond donors (Lipinski definition) is 2. The zero-order chi connectivity index (χ0) is 22.5. The van der Waals surface area contributed by atoms with Crippen LogP contribution in [0.5, 0.6) is 11.5 Å². The Morgan fingerprint density at radius 2 is 1.50 bits per heavy atom. The van der Waals surface area contributed by atoms with E-state index in [0.717, 1.165) is 44.5 Å². The maximum atomic E-state index is 5.35. The quantitative estimate of drug-likeness (QED) is 0.366. The van der Waals surface area contributed by atoms with Crippen molar-refractivity contribution < 1.29 is 9.47 Å². The number of aromatic nitrogens is 2. The summed E-state index contributed by atoms with van der Waals surface area (Å²) < 4.78 is 10.7. The van der Waals surface area contributed by atoms with Gasteiger partial charge in [0.15, 0.2) is 0 Å². The second-order valence-corrected chi connectivity index (χ2v) is 8.82. The van der Waals surface area contributed by atoms with Crippen LogP contribution in [-0.2, 0) is 19.6 Å². The fraction of sp³-hybridized carbons (Fsp3) is 0.280. The number of aryl methyl sites for hydroxylation is 2. The summed E-state index contributed by atoms with van der Waals surface area (Å²) in [6, 6.07) is 16.1. The third kappa shape index (κ3) is 5.00. The molecule has 0 aliphatic heterocycles. The molecule has 0 aliphatic carbocycles. The van der Waals surface area contributed by atoms with E-state index in [0.29, 0.717) is 19.6 Å². The van der Waals surface area contributed by atoms with Crippen molar-refractivity contribution in [3.63, 3.8) is 0 Å². The van der Waals surface area contributed by atoms with Crippen LogP contribution in [0, 0.1) is 13.8 Å². The smallest absolute Gasteiger partial charge is 0.146 e. The normalized spacial score (nSPS) is 11.0. The van der Waals surface area contributed by atoms with Crippen LogP contribution < -0.4 is 20.1 Å². The molecule has 2 aromatic carbocycles. The molecule has 166 valence electrons. The van der Waals surface area contributed by atoms with Gasteiger partial charge in [0.2, 0.25) is 0 Å². The molecule has 0 bridgehead atoms. The van der Waals surface area contributed by atoms with E-state index in [4.69, 9.17) is 19.4 Å². The molecule has 0 fully saturated rings. The molecule has 0 unspecified atom stereocenters. The predicted octanol–water partition coefficient (Wildman–Crippen LogP) is 5.23. The summed E-state index contributed by atoms with van der Waals surface area (Å²) in [6.07, 6.45) is 0. The summed E-state index contributed by atoms with van der Waals surface area (Å²) in [6.45, 7) is 6.22. The summed E-state index contributed by atoms with van der Waals surface area (Å²) in [5.74, 6) is 3.35. The lowest BCUT2D eigenvalue weighted by Crippen LogP contribution is -2.16. The van der Waals surface area contributed by atoms with E-state index in [-0.39, 0.29) is 0 Å². The van der Waals surface area contributed by atoms with Gasteiger partial charge in [0.25, 0.3) is 0 Å². The molecule has 6 nitrogen and oxygen atoms in total. The number of nitrogens with zero attached hydrogens (tertiary/aromatic N) is 2. The number of benzene rings is 2. The highest BCUT2D eigenvalue weighted by Crippen LogP contribution is 2.33. The van der Waals surface area contributed by atoms with Crippen LogP contribution in [0.3, 0.4) is 0 Å². The van der Waals surface area contributed by atoms with Crippen LogP contribution in [0.1, 0.15) is 27.4 Å². The third-order valence-corrected chi connectivity index (χ3v) is 6.52. The van der Waals surface area contributed by atoms with Crippen molar-refractivity contribution >= 4 is 27.4 Å². The van der Waals surface area contributed by atoms with Gasteiger partial charge in [-0.05, 0) is 54.8 Å². The molecule has 0 atom stereocenters. The first-order chi connectivity index (χ1) is 15.6. The molecular formula is C25H28N4O2S. The van der Waals surface area contributed by atoms with E-state index in [1.54, 1.807) is 25.6 Å². The number of anilines is 1. The summed E-state index contributed by atoms with van der Waals surface area (Å²) in [5.41, 5.74) is 3.53. The van der Waals surface area contributed by atoms with Gasteiger partial charge in [-0.15, -0.1) is 11.3 Å². The maximum absolute atomic E-state index is 5.35. The Labute approximate surface area is 192 Å².